The van der Waals surface area contributed by atoms with Crippen molar-refractivity contribution in [2.75, 3.05) is 11.9 Å². The number of carbonyl (C=O) groups is 2. The molecular weight excluding hydrogens is 276 g/mol. The van der Waals surface area contributed by atoms with Gasteiger partial charge in [-0.15, -0.1) is 0 Å². The molecule has 0 aromatic heterocycles. The third kappa shape index (κ3) is 3.49. The van der Waals surface area contributed by atoms with Gasteiger partial charge in [-0.3, -0.25) is 9.59 Å². The lowest BCUT2D eigenvalue weighted by molar-refractivity contribution is -0.131. The van der Waals surface area contributed by atoms with Crippen LogP contribution in [0.3, 0.4) is 0 Å². The third-order valence-electron chi connectivity index (χ3n) is 4.15. The molecule has 22 heavy (non-hydrogen) atoms. The minimum atomic E-state index is -0.271. The quantitative estimate of drug-likeness (QED) is 0.930. The van der Waals surface area contributed by atoms with Gasteiger partial charge in [-0.2, -0.15) is 0 Å². The first-order chi connectivity index (χ1) is 10.2. The van der Waals surface area contributed by atoms with E-state index in [1.54, 1.807) is 4.90 Å². The van der Waals surface area contributed by atoms with Gasteiger partial charge < -0.3 is 10.2 Å². The van der Waals surface area contributed by atoms with Gasteiger partial charge in [0.25, 0.3) is 0 Å². The van der Waals surface area contributed by atoms with Gasteiger partial charge in [-0.25, -0.2) is 0 Å². The number of likely N-dealkylation sites (tertiary alicyclic amines) is 1. The monoisotopic (exact) mass is 302 g/mol. The zero-order valence-electron chi connectivity index (χ0n) is 14.1. The summed E-state index contributed by atoms with van der Waals surface area (Å²) in [4.78, 5) is 26.4. The van der Waals surface area contributed by atoms with Gasteiger partial charge in [0.2, 0.25) is 11.8 Å². The Morgan fingerprint density at radius 3 is 2.45 bits per heavy atom. The molecule has 1 aromatic carbocycles. The fourth-order valence-electron chi connectivity index (χ4n) is 2.88. The second-order valence-corrected chi connectivity index (χ2v) is 7.31. The van der Waals surface area contributed by atoms with Gasteiger partial charge in [0.05, 0.1) is 5.92 Å². The largest absolute Gasteiger partial charge is 0.337 e. The van der Waals surface area contributed by atoms with Crippen molar-refractivity contribution in [1.29, 1.82) is 0 Å². The normalized spacial score (nSPS) is 18.9. The fourth-order valence-corrected chi connectivity index (χ4v) is 2.88. The maximum atomic E-state index is 12.5. The van der Waals surface area contributed by atoms with Crippen LogP contribution in [0.1, 0.15) is 52.5 Å². The van der Waals surface area contributed by atoms with Crippen LogP contribution in [0.25, 0.3) is 0 Å². The molecule has 2 rings (SSSR count). The number of anilines is 1. The Morgan fingerprint density at radius 2 is 1.91 bits per heavy atom. The molecule has 2 amide bonds. The molecule has 1 aromatic rings. The first-order valence-electron chi connectivity index (χ1n) is 7.90. The number of rotatable bonds is 3. The molecule has 0 aliphatic carbocycles. The maximum Gasteiger partial charge on any atom is 0.229 e. The van der Waals surface area contributed by atoms with Crippen molar-refractivity contribution in [3.05, 3.63) is 29.8 Å². The zero-order valence-corrected chi connectivity index (χ0v) is 14.1. The molecule has 0 saturated carbocycles. The van der Waals surface area contributed by atoms with E-state index in [9.17, 15) is 9.59 Å². The molecular formula is C18H26N2O2. The second-order valence-electron chi connectivity index (χ2n) is 7.31. The molecule has 120 valence electrons. The van der Waals surface area contributed by atoms with Crippen LogP contribution in [-0.4, -0.2) is 28.8 Å². The average Bonchev–Trinajstić information content (AvgIpc) is 2.81. The molecule has 4 heteroatoms. The summed E-state index contributed by atoms with van der Waals surface area (Å²) in [5, 5.41) is 3.01. The van der Waals surface area contributed by atoms with E-state index in [-0.39, 0.29) is 23.3 Å². The Morgan fingerprint density at radius 1 is 1.27 bits per heavy atom. The Kier molecular flexibility index (Phi) is 4.59. The lowest BCUT2D eigenvalue weighted by Gasteiger charge is -2.32. The van der Waals surface area contributed by atoms with E-state index in [4.69, 9.17) is 0 Å². The van der Waals surface area contributed by atoms with Gasteiger partial charge in [-0.05, 0) is 38.3 Å². The molecule has 1 saturated heterocycles. The van der Waals surface area contributed by atoms with Crippen molar-refractivity contribution in [3.8, 4) is 0 Å². The Hall–Kier alpha value is -1.84. The summed E-state index contributed by atoms with van der Waals surface area (Å²) in [5.74, 6) is 0.0673. The summed E-state index contributed by atoms with van der Waals surface area (Å²) in [6.07, 6.45) is 0.299. The standard InChI is InChI=1S/C18H26N2O2/c1-12(2)14-8-6-7-9-15(14)19-17(22)13-10-16(21)20(11-13)18(3,4)5/h6-9,12-13H,10-11H2,1-5H3,(H,19,22)/t13-/m1/s1. The summed E-state index contributed by atoms with van der Waals surface area (Å²) in [6.45, 7) is 10.7. The van der Waals surface area contributed by atoms with Gasteiger partial charge in [-0.1, -0.05) is 32.0 Å². The number of nitrogens with one attached hydrogen (secondary N) is 1. The molecule has 0 bridgehead atoms. The van der Waals surface area contributed by atoms with E-state index < -0.39 is 0 Å². The Labute approximate surface area is 132 Å². The summed E-state index contributed by atoms with van der Waals surface area (Å²) >= 11 is 0. The number of hydrogen-bond acceptors (Lipinski definition) is 2. The summed E-state index contributed by atoms with van der Waals surface area (Å²) in [6, 6.07) is 7.85. The fraction of sp³-hybridized carbons (Fsp3) is 0.556. The van der Waals surface area contributed by atoms with E-state index >= 15 is 0 Å². The predicted octanol–water partition coefficient (Wildman–Crippen LogP) is 3.40. The van der Waals surface area contributed by atoms with Crippen molar-refractivity contribution in [3.63, 3.8) is 0 Å². The average molecular weight is 302 g/mol. The molecule has 1 aliphatic rings. The highest BCUT2D eigenvalue weighted by Gasteiger charge is 2.39. The van der Waals surface area contributed by atoms with Crippen molar-refractivity contribution in [2.24, 2.45) is 5.92 Å². The highest BCUT2D eigenvalue weighted by Crippen LogP contribution is 2.28. The van der Waals surface area contributed by atoms with Crippen molar-refractivity contribution < 1.29 is 9.59 Å². The molecule has 1 heterocycles. The molecule has 0 spiro atoms. The van der Waals surface area contributed by atoms with E-state index in [0.29, 0.717) is 18.9 Å². The number of amides is 2. The first kappa shape index (κ1) is 16.5. The number of hydrogen-bond donors (Lipinski definition) is 1. The third-order valence-corrected chi connectivity index (χ3v) is 4.15. The minimum absolute atomic E-state index is 0.0600. The van der Waals surface area contributed by atoms with Gasteiger partial charge in [0.15, 0.2) is 0 Å². The van der Waals surface area contributed by atoms with E-state index in [2.05, 4.69) is 19.2 Å². The van der Waals surface area contributed by atoms with Crippen LogP contribution in [0.5, 0.6) is 0 Å². The van der Waals surface area contributed by atoms with Crippen molar-refractivity contribution >= 4 is 17.5 Å². The smallest absolute Gasteiger partial charge is 0.229 e. The number of nitrogens with zero attached hydrogens (tertiary/aromatic N) is 1. The highest BCUT2D eigenvalue weighted by molar-refractivity contribution is 5.97. The predicted molar refractivity (Wildman–Crippen MR) is 88.7 cm³/mol. The van der Waals surface area contributed by atoms with Crippen LogP contribution < -0.4 is 5.32 Å². The van der Waals surface area contributed by atoms with Crippen LogP contribution in [0.4, 0.5) is 5.69 Å². The van der Waals surface area contributed by atoms with Gasteiger partial charge in [0.1, 0.15) is 0 Å². The SMILES string of the molecule is CC(C)c1ccccc1NC(=O)[C@@H]1CC(=O)N(C(C)(C)C)C1. The van der Waals surface area contributed by atoms with Crippen LogP contribution in [0.2, 0.25) is 0 Å². The van der Waals surface area contributed by atoms with Crippen LogP contribution in [-0.2, 0) is 9.59 Å². The number of para-hydroxylation sites is 1. The lowest BCUT2D eigenvalue weighted by atomic mass is 10.0. The number of carbonyl (C=O) groups excluding carboxylic acids is 2. The van der Waals surface area contributed by atoms with Crippen LogP contribution in [0.15, 0.2) is 24.3 Å². The highest BCUT2D eigenvalue weighted by atomic mass is 16.2. The summed E-state index contributed by atoms with van der Waals surface area (Å²) in [7, 11) is 0. The van der Waals surface area contributed by atoms with Crippen LogP contribution >= 0.6 is 0 Å². The summed E-state index contributed by atoms with van der Waals surface area (Å²) in [5.41, 5.74) is 1.74. The minimum Gasteiger partial charge on any atom is -0.337 e. The lowest BCUT2D eigenvalue weighted by Crippen LogP contribution is -2.42. The van der Waals surface area contributed by atoms with E-state index in [1.807, 2.05) is 45.0 Å². The molecule has 1 atom stereocenters. The molecule has 0 unspecified atom stereocenters. The number of benzene rings is 1. The van der Waals surface area contributed by atoms with Crippen molar-refractivity contribution in [1.82, 2.24) is 4.90 Å². The Bertz CT molecular complexity index is 573. The molecule has 1 aliphatic heterocycles. The summed E-state index contributed by atoms with van der Waals surface area (Å²) < 4.78 is 0. The zero-order chi connectivity index (χ0) is 16.5. The van der Waals surface area contributed by atoms with E-state index in [1.165, 1.54) is 0 Å². The molecule has 4 nitrogen and oxygen atoms in total. The molecule has 1 fully saturated rings. The molecule has 1 N–H and O–H groups in total. The molecule has 0 radical (unpaired) electrons. The van der Waals surface area contributed by atoms with Crippen LogP contribution in [0, 0.1) is 5.92 Å². The van der Waals surface area contributed by atoms with Crippen molar-refractivity contribution in [2.45, 2.75) is 52.5 Å². The Balaban J connectivity index is 2.10. The first-order valence-corrected chi connectivity index (χ1v) is 7.90. The topological polar surface area (TPSA) is 49.4 Å². The maximum absolute atomic E-state index is 12.5. The van der Waals surface area contributed by atoms with Gasteiger partial charge in [0, 0.05) is 24.2 Å². The van der Waals surface area contributed by atoms with Gasteiger partial charge >= 0.3 is 0 Å². The second kappa shape index (κ2) is 6.11. The van der Waals surface area contributed by atoms with E-state index in [0.717, 1.165) is 11.3 Å².